The molecule has 0 bridgehead atoms. The van der Waals surface area contributed by atoms with Crippen LogP contribution in [0.3, 0.4) is 0 Å². The molecule has 2 aromatic rings. The highest BCUT2D eigenvalue weighted by Crippen LogP contribution is 2.24. The summed E-state index contributed by atoms with van der Waals surface area (Å²) in [6, 6.07) is 11.4. The molecule has 0 aliphatic rings. The molecule has 0 aromatic heterocycles. The Bertz CT molecular complexity index is 1170. The predicted molar refractivity (Wildman–Crippen MR) is 147 cm³/mol. The monoisotopic (exact) mass is 555 g/mol. The second-order valence-corrected chi connectivity index (χ2v) is 11.8. The fourth-order valence-corrected chi connectivity index (χ4v) is 5.09. The minimum atomic E-state index is -3.54. The number of aryl methyl sites for hydroxylation is 1. The fourth-order valence-electron chi connectivity index (χ4n) is 3.67. The number of hydrogen-bond donors (Lipinski definition) is 1. The van der Waals surface area contributed by atoms with Gasteiger partial charge in [-0.05, 0) is 69.0 Å². The molecule has 0 unspecified atom stereocenters. The Balaban J connectivity index is 2.21. The van der Waals surface area contributed by atoms with E-state index in [1.165, 1.54) is 9.21 Å². The molecule has 0 spiro atoms. The predicted octanol–water partition coefficient (Wildman–Crippen LogP) is 5.18. The lowest BCUT2D eigenvalue weighted by molar-refractivity contribution is -0.140. The summed E-state index contributed by atoms with van der Waals surface area (Å²) in [5.74, 6) is -0.536. The third-order valence-electron chi connectivity index (χ3n) is 5.97. The van der Waals surface area contributed by atoms with E-state index in [1.807, 2.05) is 26.8 Å². The molecule has 1 N–H and O–H groups in total. The molecular formula is C26H35Cl2N3O4S. The molecule has 10 heteroatoms. The molecule has 0 saturated heterocycles. The van der Waals surface area contributed by atoms with Gasteiger partial charge in [0.1, 0.15) is 6.04 Å². The Kier molecular flexibility index (Phi) is 11.1. The Morgan fingerprint density at radius 1 is 1.08 bits per heavy atom. The zero-order chi connectivity index (χ0) is 27.0. The van der Waals surface area contributed by atoms with Crippen molar-refractivity contribution in [1.82, 2.24) is 10.2 Å². The van der Waals surface area contributed by atoms with E-state index in [2.05, 4.69) is 5.32 Å². The first kappa shape index (κ1) is 29.9. The van der Waals surface area contributed by atoms with Gasteiger partial charge in [0, 0.05) is 35.6 Å². The standard InChI is InChI=1S/C26H35Cl2N3O4S/c1-6-19(3)29-26(33)20(4)30(17-21-12-13-22(27)16-24(21)28)25(32)11-8-14-31(36(5,34)35)23-10-7-9-18(2)15-23/h7,9-10,12-13,15-16,19-20H,6,8,11,14,17H2,1-5H3,(H,29,33)/t19-,20-/m0/s1. The Morgan fingerprint density at radius 3 is 2.36 bits per heavy atom. The number of halogens is 2. The van der Waals surface area contributed by atoms with Crippen molar-refractivity contribution in [2.24, 2.45) is 0 Å². The van der Waals surface area contributed by atoms with Crippen molar-refractivity contribution in [2.75, 3.05) is 17.1 Å². The molecule has 2 rings (SSSR count). The number of benzene rings is 2. The molecule has 36 heavy (non-hydrogen) atoms. The van der Waals surface area contributed by atoms with E-state index < -0.39 is 16.1 Å². The zero-order valence-corrected chi connectivity index (χ0v) is 23.8. The fraction of sp³-hybridized carbons (Fsp3) is 0.462. The molecule has 7 nitrogen and oxygen atoms in total. The lowest BCUT2D eigenvalue weighted by atomic mass is 10.1. The van der Waals surface area contributed by atoms with Crippen molar-refractivity contribution in [3.63, 3.8) is 0 Å². The summed E-state index contributed by atoms with van der Waals surface area (Å²) in [6.07, 6.45) is 2.25. The SMILES string of the molecule is CC[C@H](C)NC(=O)[C@H](C)N(Cc1ccc(Cl)cc1Cl)C(=O)CCCN(c1cccc(C)c1)S(C)(=O)=O. The number of nitrogens with one attached hydrogen (secondary N) is 1. The summed E-state index contributed by atoms with van der Waals surface area (Å²) in [5.41, 5.74) is 2.15. The van der Waals surface area contributed by atoms with Gasteiger partial charge < -0.3 is 10.2 Å². The first-order chi connectivity index (χ1) is 16.8. The Labute approximate surface area is 224 Å². The third-order valence-corrected chi connectivity index (χ3v) is 7.75. The Morgan fingerprint density at radius 2 is 1.78 bits per heavy atom. The second-order valence-electron chi connectivity index (χ2n) is 9.03. The van der Waals surface area contributed by atoms with Gasteiger partial charge in [0.15, 0.2) is 0 Å². The van der Waals surface area contributed by atoms with E-state index in [9.17, 15) is 18.0 Å². The smallest absolute Gasteiger partial charge is 0.242 e. The minimum Gasteiger partial charge on any atom is -0.352 e. The molecule has 2 aromatic carbocycles. The highest BCUT2D eigenvalue weighted by Gasteiger charge is 2.27. The summed E-state index contributed by atoms with van der Waals surface area (Å²) in [7, 11) is -3.54. The molecule has 0 saturated carbocycles. The van der Waals surface area contributed by atoms with Crippen LogP contribution >= 0.6 is 23.2 Å². The van der Waals surface area contributed by atoms with Gasteiger partial charge in [-0.2, -0.15) is 0 Å². The largest absolute Gasteiger partial charge is 0.352 e. The average molecular weight is 557 g/mol. The number of carbonyl (C=O) groups is 2. The van der Waals surface area contributed by atoms with Crippen LogP contribution in [0, 0.1) is 6.92 Å². The van der Waals surface area contributed by atoms with E-state index in [0.29, 0.717) is 21.3 Å². The van der Waals surface area contributed by atoms with Crippen molar-refractivity contribution in [1.29, 1.82) is 0 Å². The van der Waals surface area contributed by atoms with E-state index in [-0.39, 0.29) is 43.8 Å². The van der Waals surface area contributed by atoms with Gasteiger partial charge in [0.25, 0.3) is 0 Å². The van der Waals surface area contributed by atoms with Crippen LogP contribution in [-0.2, 0) is 26.2 Å². The number of carbonyl (C=O) groups excluding carboxylic acids is 2. The molecule has 0 heterocycles. The van der Waals surface area contributed by atoms with Crippen LogP contribution in [-0.4, -0.2) is 50.0 Å². The van der Waals surface area contributed by atoms with Crippen LogP contribution < -0.4 is 9.62 Å². The second kappa shape index (κ2) is 13.3. The maximum Gasteiger partial charge on any atom is 0.242 e. The maximum absolute atomic E-state index is 13.4. The molecule has 2 atom stereocenters. The number of hydrogen-bond acceptors (Lipinski definition) is 4. The van der Waals surface area contributed by atoms with E-state index in [4.69, 9.17) is 23.2 Å². The normalized spacial score (nSPS) is 13.1. The van der Waals surface area contributed by atoms with Crippen LogP contribution in [0.2, 0.25) is 10.0 Å². The summed E-state index contributed by atoms with van der Waals surface area (Å²) < 4.78 is 26.2. The number of sulfonamides is 1. The molecule has 0 aliphatic carbocycles. The third kappa shape index (κ3) is 8.68. The summed E-state index contributed by atoms with van der Waals surface area (Å²) in [6.45, 7) is 7.69. The van der Waals surface area contributed by atoms with Crippen LogP contribution in [0.5, 0.6) is 0 Å². The molecule has 0 radical (unpaired) electrons. The number of anilines is 1. The Hall–Kier alpha value is -2.29. The van der Waals surface area contributed by atoms with Gasteiger partial charge in [0.05, 0.1) is 11.9 Å². The highest BCUT2D eigenvalue weighted by atomic mass is 35.5. The van der Waals surface area contributed by atoms with Gasteiger partial charge in [-0.15, -0.1) is 0 Å². The molecular weight excluding hydrogens is 521 g/mol. The zero-order valence-electron chi connectivity index (χ0n) is 21.4. The van der Waals surface area contributed by atoms with E-state index in [0.717, 1.165) is 18.2 Å². The summed E-state index contributed by atoms with van der Waals surface area (Å²) >= 11 is 12.4. The van der Waals surface area contributed by atoms with Crippen molar-refractivity contribution in [2.45, 2.75) is 65.6 Å². The number of nitrogens with zero attached hydrogens (tertiary/aromatic N) is 2. The number of rotatable bonds is 12. The topological polar surface area (TPSA) is 86.8 Å². The van der Waals surface area contributed by atoms with Crippen LogP contribution in [0.15, 0.2) is 42.5 Å². The van der Waals surface area contributed by atoms with Gasteiger partial charge in [-0.25, -0.2) is 8.42 Å². The quantitative estimate of drug-likeness (QED) is 0.391. The van der Waals surface area contributed by atoms with Crippen molar-refractivity contribution >= 4 is 50.7 Å². The lowest BCUT2D eigenvalue weighted by Gasteiger charge is -2.30. The van der Waals surface area contributed by atoms with Crippen molar-refractivity contribution in [3.05, 3.63) is 63.6 Å². The first-order valence-corrected chi connectivity index (χ1v) is 14.5. The molecule has 0 fully saturated rings. The number of amides is 2. The van der Waals surface area contributed by atoms with Crippen LogP contribution in [0.4, 0.5) is 5.69 Å². The molecule has 2 amide bonds. The summed E-state index contributed by atoms with van der Waals surface area (Å²) in [5, 5.41) is 3.79. The lowest BCUT2D eigenvalue weighted by Crippen LogP contribution is -2.49. The average Bonchev–Trinajstić information content (AvgIpc) is 2.79. The van der Waals surface area contributed by atoms with Crippen LogP contribution in [0.25, 0.3) is 0 Å². The molecule has 0 aliphatic heterocycles. The van der Waals surface area contributed by atoms with E-state index >= 15 is 0 Å². The van der Waals surface area contributed by atoms with Gasteiger partial charge in [-0.1, -0.05) is 48.3 Å². The van der Waals surface area contributed by atoms with Gasteiger partial charge in [-0.3, -0.25) is 13.9 Å². The van der Waals surface area contributed by atoms with Gasteiger partial charge >= 0.3 is 0 Å². The highest BCUT2D eigenvalue weighted by molar-refractivity contribution is 7.92. The first-order valence-electron chi connectivity index (χ1n) is 11.9. The van der Waals surface area contributed by atoms with Crippen molar-refractivity contribution in [3.8, 4) is 0 Å². The minimum absolute atomic E-state index is 0.0336. The molecule has 198 valence electrons. The van der Waals surface area contributed by atoms with Crippen LogP contribution in [0.1, 0.15) is 51.2 Å². The maximum atomic E-state index is 13.4. The van der Waals surface area contributed by atoms with E-state index in [1.54, 1.807) is 43.3 Å². The van der Waals surface area contributed by atoms with Gasteiger partial charge in [0.2, 0.25) is 21.8 Å². The summed E-state index contributed by atoms with van der Waals surface area (Å²) in [4.78, 5) is 27.7. The van der Waals surface area contributed by atoms with Crippen molar-refractivity contribution < 1.29 is 18.0 Å².